The molecule has 0 saturated heterocycles. The first-order chi connectivity index (χ1) is 11.6. The monoisotopic (exact) mass is 320 g/mol. The topological polar surface area (TPSA) is 73.4 Å². The molecule has 0 aliphatic carbocycles. The van der Waals surface area contributed by atoms with Gasteiger partial charge in [-0.2, -0.15) is 0 Å². The molecule has 0 atom stereocenters. The average Bonchev–Trinajstić information content (AvgIpc) is 3.16. The second-order valence-electron chi connectivity index (χ2n) is 6.00. The van der Waals surface area contributed by atoms with Gasteiger partial charge in [-0.25, -0.2) is 0 Å². The molecule has 0 saturated carbocycles. The molecule has 0 spiro atoms. The van der Waals surface area contributed by atoms with E-state index >= 15 is 0 Å². The number of aromatic amines is 1. The quantitative estimate of drug-likeness (QED) is 0.729. The zero-order valence-corrected chi connectivity index (χ0v) is 13.2. The molecular formula is C19H16N2O3. The summed E-state index contributed by atoms with van der Waals surface area (Å²) in [6.07, 6.45) is 1.82. The van der Waals surface area contributed by atoms with Crippen molar-refractivity contribution < 1.29 is 14.7 Å². The summed E-state index contributed by atoms with van der Waals surface area (Å²) in [5, 5.41) is 10.7. The number of carbonyl (C=O) groups excluding carboxylic acids is 2. The Hall–Kier alpha value is -2.92. The van der Waals surface area contributed by atoms with Gasteiger partial charge in [-0.05, 0) is 41.8 Å². The highest BCUT2D eigenvalue weighted by Gasteiger charge is 2.35. The third-order valence-electron chi connectivity index (χ3n) is 4.61. The van der Waals surface area contributed by atoms with Crippen molar-refractivity contribution in [3.8, 4) is 0 Å². The molecule has 2 aromatic carbocycles. The maximum Gasteiger partial charge on any atom is 0.261 e. The molecule has 0 bridgehead atoms. The van der Waals surface area contributed by atoms with Crippen LogP contribution in [0.25, 0.3) is 10.9 Å². The van der Waals surface area contributed by atoms with Gasteiger partial charge in [-0.1, -0.05) is 18.2 Å². The van der Waals surface area contributed by atoms with Gasteiger partial charge in [0.25, 0.3) is 11.8 Å². The lowest BCUT2D eigenvalue weighted by atomic mass is 9.99. The normalized spacial score (nSPS) is 13.8. The van der Waals surface area contributed by atoms with Crippen molar-refractivity contribution in [1.82, 2.24) is 9.88 Å². The number of aliphatic hydroxyl groups excluding tert-OH is 1. The molecule has 0 unspecified atom stereocenters. The fourth-order valence-electron chi connectivity index (χ4n) is 3.42. The van der Waals surface area contributed by atoms with Gasteiger partial charge < -0.3 is 10.1 Å². The van der Waals surface area contributed by atoms with Crippen molar-refractivity contribution in [2.24, 2.45) is 0 Å². The average molecular weight is 320 g/mol. The van der Waals surface area contributed by atoms with E-state index in [0.29, 0.717) is 11.1 Å². The first-order valence-electron chi connectivity index (χ1n) is 7.76. The van der Waals surface area contributed by atoms with E-state index in [0.717, 1.165) is 27.6 Å². The van der Waals surface area contributed by atoms with Gasteiger partial charge in [0.15, 0.2) is 0 Å². The highest BCUT2D eigenvalue weighted by molar-refractivity contribution is 6.21. The SMILES string of the molecule is Cc1cc(CN2C(=O)c3ccccc3C2=O)c(CO)c2cc[nH]c12. The largest absolute Gasteiger partial charge is 0.392 e. The van der Waals surface area contributed by atoms with Crippen molar-refractivity contribution in [2.45, 2.75) is 20.1 Å². The van der Waals surface area contributed by atoms with E-state index in [1.807, 2.05) is 25.3 Å². The third-order valence-corrected chi connectivity index (χ3v) is 4.61. The molecule has 120 valence electrons. The van der Waals surface area contributed by atoms with Crippen molar-refractivity contribution in [2.75, 3.05) is 0 Å². The number of benzene rings is 2. The van der Waals surface area contributed by atoms with Crippen LogP contribution in [0.3, 0.4) is 0 Å². The maximum atomic E-state index is 12.5. The molecular weight excluding hydrogens is 304 g/mol. The fourth-order valence-corrected chi connectivity index (χ4v) is 3.42. The first kappa shape index (κ1) is 14.7. The highest BCUT2D eigenvalue weighted by Crippen LogP contribution is 2.29. The van der Waals surface area contributed by atoms with Crippen LogP contribution in [0.15, 0.2) is 42.6 Å². The summed E-state index contributed by atoms with van der Waals surface area (Å²) in [5.74, 6) is -0.572. The van der Waals surface area contributed by atoms with Gasteiger partial charge in [0.05, 0.1) is 24.3 Å². The van der Waals surface area contributed by atoms with Crippen molar-refractivity contribution in [1.29, 1.82) is 0 Å². The zero-order valence-electron chi connectivity index (χ0n) is 13.2. The summed E-state index contributed by atoms with van der Waals surface area (Å²) in [7, 11) is 0. The molecule has 2 heterocycles. The Morgan fingerprint density at radius 2 is 1.75 bits per heavy atom. The van der Waals surface area contributed by atoms with Crippen LogP contribution in [0.4, 0.5) is 0 Å². The third kappa shape index (κ3) is 1.98. The van der Waals surface area contributed by atoms with Gasteiger partial charge in [0.1, 0.15) is 0 Å². The molecule has 1 aliphatic heterocycles. The van der Waals surface area contributed by atoms with Crippen molar-refractivity contribution in [3.63, 3.8) is 0 Å². The summed E-state index contributed by atoms with van der Waals surface area (Å²) in [4.78, 5) is 29.5. The molecule has 0 fully saturated rings. The van der Waals surface area contributed by atoms with E-state index in [-0.39, 0.29) is 25.0 Å². The van der Waals surface area contributed by atoms with Crippen LogP contribution >= 0.6 is 0 Å². The van der Waals surface area contributed by atoms with E-state index in [9.17, 15) is 14.7 Å². The van der Waals surface area contributed by atoms with Crippen LogP contribution in [0.1, 0.15) is 37.4 Å². The van der Waals surface area contributed by atoms with Crippen molar-refractivity contribution >= 4 is 22.7 Å². The number of imide groups is 1. The van der Waals surface area contributed by atoms with Gasteiger partial charge in [-0.3, -0.25) is 14.5 Å². The number of aromatic nitrogens is 1. The number of amides is 2. The Morgan fingerprint density at radius 3 is 2.38 bits per heavy atom. The zero-order chi connectivity index (χ0) is 16.8. The van der Waals surface area contributed by atoms with Gasteiger partial charge in [0, 0.05) is 17.1 Å². The highest BCUT2D eigenvalue weighted by atomic mass is 16.3. The molecule has 2 N–H and O–H groups in total. The maximum absolute atomic E-state index is 12.5. The number of nitrogens with one attached hydrogen (secondary N) is 1. The summed E-state index contributed by atoms with van der Waals surface area (Å²) in [5.41, 5.74) is 4.38. The van der Waals surface area contributed by atoms with E-state index in [1.165, 1.54) is 4.90 Å². The molecule has 1 aliphatic rings. The molecule has 5 nitrogen and oxygen atoms in total. The first-order valence-corrected chi connectivity index (χ1v) is 7.76. The number of aryl methyl sites for hydroxylation is 1. The minimum atomic E-state index is -0.286. The number of carbonyl (C=O) groups is 2. The standard InChI is InChI=1S/C19H16N2O3/c1-11-8-12(16(10-22)13-6-7-20-17(11)13)9-21-18(23)14-4-2-3-5-15(14)19(21)24/h2-8,20,22H,9-10H2,1H3. The number of hydrogen-bond acceptors (Lipinski definition) is 3. The lowest BCUT2D eigenvalue weighted by Gasteiger charge is -2.18. The minimum Gasteiger partial charge on any atom is -0.392 e. The van der Waals surface area contributed by atoms with E-state index in [4.69, 9.17) is 0 Å². The second kappa shape index (κ2) is 5.32. The van der Waals surface area contributed by atoms with Gasteiger partial charge >= 0.3 is 0 Å². The van der Waals surface area contributed by atoms with Gasteiger partial charge in [-0.15, -0.1) is 0 Å². The van der Waals surface area contributed by atoms with E-state index in [1.54, 1.807) is 24.3 Å². The Morgan fingerprint density at radius 1 is 1.08 bits per heavy atom. The van der Waals surface area contributed by atoms with Crippen LogP contribution in [-0.4, -0.2) is 26.8 Å². The Kier molecular flexibility index (Phi) is 3.25. The minimum absolute atomic E-state index is 0.146. The predicted octanol–water partition coefficient (Wildman–Crippen LogP) is 2.76. The smallest absolute Gasteiger partial charge is 0.261 e. The van der Waals surface area contributed by atoms with Crippen LogP contribution in [0.5, 0.6) is 0 Å². The van der Waals surface area contributed by atoms with Crippen LogP contribution in [0, 0.1) is 6.92 Å². The molecule has 4 rings (SSSR count). The summed E-state index contributed by atoms with van der Waals surface area (Å²) in [6.45, 7) is 1.98. The number of aliphatic hydroxyl groups is 1. The molecule has 24 heavy (non-hydrogen) atoms. The Balaban J connectivity index is 1.78. The number of nitrogens with zero attached hydrogens (tertiary/aromatic N) is 1. The fraction of sp³-hybridized carbons (Fsp3) is 0.158. The molecule has 5 heteroatoms. The van der Waals surface area contributed by atoms with Crippen LogP contribution in [-0.2, 0) is 13.2 Å². The lowest BCUT2D eigenvalue weighted by Crippen LogP contribution is -2.29. The molecule has 2 amide bonds. The second-order valence-corrected chi connectivity index (χ2v) is 6.00. The molecule has 0 radical (unpaired) electrons. The number of rotatable bonds is 3. The number of fused-ring (bicyclic) bond motifs is 2. The molecule has 1 aromatic heterocycles. The van der Waals surface area contributed by atoms with E-state index < -0.39 is 0 Å². The number of H-pyrrole nitrogens is 1. The predicted molar refractivity (Wildman–Crippen MR) is 89.6 cm³/mol. The summed E-state index contributed by atoms with van der Waals surface area (Å²) in [6, 6.07) is 10.7. The Labute approximate surface area is 138 Å². The van der Waals surface area contributed by atoms with Crippen LogP contribution < -0.4 is 0 Å². The summed E-state index contributed by atoms with van der Waals surface area (Å²) < 4.78 is 0. The van der Waals surface area contributed by atoms with Gasteiger partial charge in [0.2, 0.25) is 0 Å². The number of hydrogen-bond donors (Lipinski definition) is 2. The van der Waals surface area contributed by atoms with Crippen molar-refractivity contribution in [3.05, 3.63) is 70.4 Å². The van der Waals surface area contributed by atoms with E-state index in [2.05, 4.69) is 4.98 Å². The van der Waals surface area contributed by atoms with Crippen LogP contribution in [0.2, 0.25) is 0 Å². The molecule has 3 aromatic rings. The lowest BCUT2D eigenvalue weighted by molar-refractivity contribution is 0.0641. The summed E-state index contributed by atoms with van der Waals surface area (Å²) >= 11 is 0. The Bertz CT molecular complexity index is 952.